The summed E-state index contributed by atoms with van der Waals surface area (Å²) in [6.45, 7) is 4.92. The monoisotopic (exact) mass is 290 g/mol. The molecule has 0 spiro atoms. The van der Waals surface area contributed by atoms with E-state index in [1.165, 1.54) is 4.90 Å². The molecular formula is C14H22N6O. The SMILES string of the molecule is CCc1nnc(NCCNC(=O)N(C)C)c(C#N)c1CC. The third-order valence-electron chi connectivity index (χ3n) is 3.06. The minimum absolute atomic E-state index is 0.154. The molecular weight excluding hydrogens is 268 g/mol. The molecule has 7 nitrogen and oxygen atoms in total. The number of anilines is 1. The van der Waals surface area contributed by atoms with Crippen LogP contribution < -0.4 is 10.6 Å². The molecule has 0 saturated heterocycles. The second-order valence-corrected chi connectivity index (χ2v) is 4.72. The summed E-state index contributed by atoms with van der Waals surface area (Å²) < 4.78 is 0. The number of amides is 2. The highest BCUT2D eigenvalue weighted by Gasteiger charge is 2.13. The maximum absolute atomic E-state index is 11.4. The van der Waals surface area contributed by atoms with Gasteiger partial charge in [-0.3, -0.25) is 0 Å². The van der Waals surface area contributed by atoms with Crippen LogP contribution in [0.5, 0.6) is 0 Å². The van der Waals surface area contributed by atoms with Crippen molar-refractivity contribution in [3.05, 3.63) is 16.8 Å². The van der Waals surface area contributed by atoms with Crippen LogP contribution in [0.15, 0.2) is 0 Å². The van der Waals surface area contributed by atoms with E-state index in [0.29, 0.717) is 24.5 Å². The first-order valence-electron chi connectivity index (χ1n) is 7.02. The smallest absolute Gasteiger partial charge is 0.316 e. The summed E-state index contributed by atoms with van der Waals surface area (Å²) in [6.07, 6.45) is 1.50. The van der Waals surface area contributed by atoms with E-state index in [-0.39, 0.29) is 6.03 Å². The van der Waals surface area contributed by atoms with Crippen LogP contribution in [0.1, 0.15) is 30.7 Å². The van der Waals surface area contributed by atoms with E-state index in [1.54, 1.807) is 14.1 Å². The minimum atomic E-state index is -0.154. The number of hydrogen-bond acceptors (Lipinski definition) is 5. The zero-order valence-electron chi connectivity index (χ0n) is 13.0. The summed E-state index contributed by atoms with van der Waals surface area (Å²) in [6, 6.07) is 2.04. The summed E-state index contributed by atoms with van der Waals surface area (Å²) in [7, 11) is 3.36. The van der Waals surface area contributed by atoms with Crippen LogP contribution in [-0.4, -0.2) is 48.3 Å². The Labute approximate surface area is 125 Å². The first-order valence-corrected chi connectivity index (χ1v) is 7.02. The van der Waals surface area contributed by atoms with Gasteiger partial charge in [0.05, 0.1) is 5.69 Å². The largest absolute Gasteiger partial charge is 0.366 e. The molecule has 0 aliphatic heterocycles. The van der Waals surface area contributed by atoms with Crippen LogP contribution >= 0.6 is 0 Å². The van der Waals surface area contributed by atoms with Gasteiger partial charge in [-0.15, -0.1) is 5.10 Å². The molecule has 7 heteroatoms. The lowest BCUT2D eigenvalue weighted by atomic mass is 10.0. The van der Waals surface area contributed by atoms with Crippen LogP contribution in [0.3, 0.4) is 0 Å². The number of carbonyl (C=O) groups excluding carboxylic acids is 1. The summed E-state index contributed by atoms with van der Waals surface area (Å²) in [5.74, 6) is 0.477. The molecule has 21 heavy (non-hydrogen) atoms. The minimum Gasteiger partial charge on any atom is -0.366 e. The van der Waals surface area contributed by atoms with Gasteiger partial charge < -0.3 is 15.5 Å². The Morgan fingerprint density at radius 3 is 2.48 bits per heavy atom. The molecule has 0 aliphatic carbocycles. The molecule has 0 atom stereocenters. The summed E-state index contributed by atoms with van der Waals surface area (Å²) in [5.41, 5.74) is 2.35. The molecule has 2 N–H and O–H groups in total. The van der Waals surface area contributed by atoms with E-state index in [0.717, 1.165) is 24.1 Å². The molecule has 0 radical (unpaired) electrons. The normalized spacial score (nSPS) is 9.86. The Kier molecular flexibility index (Phi) is 6.40. The topological polar surface area (TPSA) is 93.9 Å². The van der Waals surface area contributed by atoms with Gasteiger partial charge >= 0.3 is 6.03 Å². The van der Waals surface area contributed by atoms with Gasteiger partial charge in [0.1, 0.15) is 11.6 Å². The van der Waals surface area contributed by atoms with Crippen LogP contribution in [-0.2, 0) is 12.8 Å². The fourth-order valence-corrected chi connectivity index (χ4v) is 1.93. The summed E-state index contributed by atoms with van der Waals surface area (Å²) >= 11 is 0. The Morgan fingerprint density at radius 2 is 1.95 bits per heavy atom. The molecule has 0 bridgehead atoms. The van der Waals surface area contributed by atoms with Crippen molar-refractivity contribution < 1.29 is 4.79 Å². The van der Waals surface area contributed by atoms with Gasteiger partial charge in [-0.1, -0.05) is 13.8 Å². The number of nitriles is 1. The number of hydrogen-bond donors (Lipinski definition) is 2. The van der Waals surface area contributed by atoms with E-state index >= 15 is 0 Å². The summed E-state index contributed by atoms with van der Waals surface area (Å²) in [5, 5.41) is 23.4. The zero-order chi connectivity index (χ0) is 15.8. The molecule has 1 rings (SSSR count). The molecule has 0 unspecified atom stereocenters. The van der Waals surface area contributed by atoms with Crippen LogP contribution in [0.4, 0.5) is 10.6 Å². The Bertz CT molecular complexity index is 535. The Balaban J connectivity index is 2.72. The highest BCUT2D eigenvalue weighted by Crippen LogP contribution is 2.19. The number of aromatic nitrogens is 2. The quantitative estimate of drug-likeness (QED) is 0.767. The lowest BCUT2D eigenvalue weighted by Crippen LogP contribution is -2.37. The molecule has 2 amide bonds. The third-order valence-corrected chi connectivity index (χ3v) is 3.06. The maximum atomic E-state index is 11.4. The van der Waals surface area contributed by atoms with E-state index < -0.39 is 0 Å². The molecule has 1 heterocycles. The number of carbonyl (C=O) groups is 1. The third kappa shape index (κ3) is 4.31. The van der Waals surface area contributed by atoms with Crippen molar-refractivity contribution in [2.75, 3.05) is 32.5 Å². The molecule has 1 aromatic heterocycles. The van der Waals surface area contributed by atoms with Crippen molar-refractivity contribution in [3.8, 4) is 6.07 Å². The van der Waals surface area contributed by atoms with Gasteiger partial charge in [0.2, 0.25) is 0 Å². The highest BCUT2D eigenvalue weighted by atomic mass is 16.2. The van der Waals surface area contributed by atoms with Crippen molar-refractivity contribution in [2.24, 2.45) is 0 Å². The maximum Gasteiger partial charge on any atom is 0.316 e. The van der Waals surface area contributed by atoms with E-state index in [4.69, 9.17) is 0 Å². The average molecular weight is 290 g/mol. The van der Waals surface area contributed by atoms with Gasteiger partial charge in [-0.05, 0) is 18.4 Å². The molecule has 0 fully saturated rings. The fourth-order valence-electron chi connectivity index (χ4n) is 1.93. The first kappa shape index (κ1) is 16.7. The van der Waals surface area contributed by atoms with E-state index in [1.807, 2.05) is 13.8 Å². The van der Waals surface area contributed by atoms with Gasteiger partial charge in [0.25, 0.3) is 0 Å². The second kappa shape index (κ2) is 8.04. The van der Waals surface area contributed by atoms with Crippen molar-refractivity contribution in [3.63, 3.8) is 0 Å². The standard InChI is InChI=1S/C14H22N6O/c1-5-10-11(9-15)13(19-18-12(10)6-2)16-7-8-17-14(21)20(3)4/h5-8H2,1-4H3,(H,16,19)(H,17,21). The Hall–Kier alpha value is -2.36. The number of nitrogens with zero attached hydrogens (tertiary/aromatic N) is 4. The zero-order valence-corrected chi connectivity index (χ0v) is 13.0. The predicted molar refractivity (Wildman–Crippen MR) is 81.1 cm³/mol. The molecule has 1 aromatic rings. The highest BCUT2D eigenvalue weighted by molar-refractivity contribution is 5.73. The average Bonchev–Trinajstić information content (AvgIpc) is 2.49. The lowest BCUT2D eigenvalue weighted by Gasteiger charge is -2.14. The van der Waals surface area contributed by atoms with Gasteiger partial charge in [-0.2, -0.15) is 10.4 Å². The van der Waals surface area contributed by atoms with Crippen LogP contribution in [0.2, 0.25) is 0 Å². The van der Waals surface area contributed by atoms with E-state index in [2.05, 4.69) is 26.9 Å². The second-order valence-electron chi connectivity index (χ2n) is 4.72. The Morgan fingerprint density at radius 1 is 1.24 bits per heavy atom. The first-order chi connectivity index (χ1) is 10.0. The van der Waals surface area contributed by atoms with E-state index in [9.17, 15) is 10.1 Å². The number of aryl methyl sites for hydroxylation is 1. The summed E-state index contributed by atoms with van der Waals surface area (Å²) in [4.78, 5) is 12.8. The van der Waals surface area contributed by atoms with Crippen molar-refractivity contribution >= 4 is 11.8 Å². The number of urea groups is 1. The van der Waals surface area contributed by atoms with Gasteiger partial charge in [0.15, 0.2) is 5.82 Å². The molecule has 114 valence electrons. The number of rotatable bonds is 6. The molecule has 0 aliphatic rings. The van der Waals surface area contributed by atoms with Gasteiger partial charge in [-0.25, -0.2) is 4.79 Å². The van der Waals surface area contributed by atoms with Gasteiger partial charge in [0, 0.05) is 27.2 Å². The van der Waals surface area contributed by atoms with Crippen molar-refractivity contribution in [1.82, 2.24) is 20.4 Å². The van der Waals surface area contributed by atoms with Crippen LogP contribution in [0, 0.1) is 11.3 Å². The number of nitrogens with one attached hydrogen (secondary N) is 2. The van der Waals surface area contributed by atoms with Crippen molar-refractivity contribution in [1.29, 1.82) is 5.26 Å². The lowest BCUT2D eigenvalue weighted by molar-refractivity contribution is 0.218. The van der Waals surface area contributed by atoms with Crippen LogP contribution in [0.25, 0.3) is 0 Å². The predicted octanol–water partition coefficient (Wildman–Crippen LogP) is 1.16. The van der Waals surface area contributed by atoms with Crippen molar-refractivity contribution in [2.45, 2.75) is 26.7 Å². The fraction of sp³-hybridized carbons (Fsp3) is 0.571. The molecule has 0 saturated carbocycles. The molecule has 0 aromatic carbocycles.